The van der Waals surface area contributed by atoms with Gasteiger partial charge in [0.15, 0.2) is 0 Å². The summed E-state index contributed by atoms with van der Waals surface area (Å²) in [6.45, 7) is 0.348. The molecular weight excluding hydrogens is 208 g/mol. The van der Waals surface area contributed by atoms with Gasteiger partial charge in [-0.1, -0.05) is 0 Å². The van der Waals surface area contributed by atoms with Crippen LogP contribution in [-0.2, 0) is 4.79 Å². The quantitative estimate of drug-likeness (QED) is 0.626. The van der Waals surface area contributed by atoms with E-state index < -0.39 is 18.1 Å². The Hall–Kier alpha value is -1.75. The number of carboxylic acids is 1. The summed E-state index contributed by atoms with van der Waals surface area (Å²) in [6, 6.07) is 6.32. The maximum Gasteiger partial charge on any atom is 0.326 e. The Morgan fingerprint density at radius 2 is 2.00 bits per heavy atom. The van der Waals surface area contributed by atoms with Crippen molar-refractivity contribution in [2.75, 3.05) is 17.2 Å². The lowest BCUT2D eigenvalue weighted by atomic mass is 10.2. The second kappa shape index (κ2) is 4.02. The van der Waals surface area contributed by atoms with Gasteiger partial charge in [0, 0.05) is 24.3 Å². The fourth-order valence-electron chi connectivity index (χ4n) is 2.00. The number of rotatable bonds is 2. The van der Waals surface area contributed by atoms with Gasteiger partial charge in [0.05, 0.1) is 6.10 Å². The zero-order valence-electron chi connectivity index (χ0n) is 8.71. The summed E-state index contributed by atoms with van der Waals surface area (Å²) in [7, 11) is 0. The summed E-state index contributed by atoms with van der Waals surface area (Å²) in [5.74, 6) is -0.909. The molecule has 1 aliphatic heterocycles. The molecule has 5 heteroatoms. The van der Waals surface area contributed by atoms with Crippen LogP contribution in [0.4, 0.5) is 11.4 Å². The van der Waals surface area contributed by atoms with Crippen LogP contribution in [0.15, 0.2) is 24.3 Å². The molecule has 0 radical (unpaired) electrons. The molecule has 1 aromatic rings. The van der Waals surface area contributed by atoms with Gasteiger partial charge >= 0.3 is 5.97 Å². The first-order chi connectivity index (χ1) is 7.58. The topological polar surface area (TPSA) is 86.8 Å². The molecule has 0 aliphatic carbocycles. The van der Waals surface area contributed by atoms with Crippen LogP contribution in [0.5, 0.6) is 0 Å². The minimum atomic E-state index is -0.909. The lowest BCUT2D eigenvalue weighted by Crippen LogP contribution is -2.35. The largest absolute Gasteiger partial charge is 0.480 e. The van der Waals surface area contributed by atoms with Crippen LogP contribution < -0.4 is 10.6 Å². The van der Waals surface area contributed by atoms with E-state index in [2.05, 4.69) is 0 Å². The molecule has 0 saturated carbocycles. The van der Waals surface area contributed by atoms with Crippen molar-refractivity contribution in [2.45, 2.75) is 18.6 Å². The molecule has 0 aromatic heterocycles. The molecule has 2 atom stereocenters. The Kier molecular flexibility index (Phi) is 2.70. The highest BCUT2D eigenvalue weighted by atomic mass is 16.4. The van der Waals surface area contributed by atoms with E-state index in [0.29, 0.717) is 12.2 Å². The Morgan fingerprint density at radius 1 is 1.38 bits per heavy atom. The van der Waals surface area contributed by atoms with E-state index in [0.717, 1.165) is 5.69 Å². The first-order valence-corrected chi connectivity index (χ1v) is 5.11. The van der Waals surface area contributed by atoms with E-state index in [1.165, 1.54) is 0 Å². The van der Waals surface area contributed by atoms with Gasteiger partial charge in [0.2, 0.25) is 0 Å². The SMILES string of the molecule is Nc1ccc(N2CC(O)CC2C(=O)O)cc1. The highest BCUT2D eigenvalue weighted by molar-refractivity contribution is 5.79. The van der Waals surface area contributed by atoms with E-state index in [4.69, 9.17) is 10.8 Å². The summed E-state index contributed by atoms with van der Waals surface area (Å²) >= 11 is 0. The zero-order valence-corrected chi connectivity index (χ0v) is 8.71. The van der Waals surface area contributed by atoms with Crippen molar-refractivity contribution in [2.24, 2.45) is 0 Å². The Bertz CT molecular complexity index is 391. The Labute approximate surface area is 93.1 Å². The second-order valence-electron chi connectivity index (χ2n) is 3.99. The fraction of sp³-hybridized carbons (Fsp3) is 0.364. The molecule has 0 amide bonds. The van der Waals surface area contributed by atoms with Gasteiger partial charge in [0.1, 0.15) is 6.04 Å². The number of hydrogen-bond acceptors (Lipinski definition) is 4. The Morgan fingerprint density at radius 3 is 2.56 bits per heavy atom. The van der Waals surface area contributed by atoms with Crippen LogP contribution in [-0.4, -0.2) is 34.9 Å². The summed E-state index contributed by atoms with van der Waals surface area (Å²) in [5.41, 5.74) is 6.97. The first-order valence-electron chi connectivity index (χ1n) is 5.11. The van der Waals surface area contributed by atoms with Crippen molar-refractivity contribution in [3.05, 3.63) is 24.3 Å². The number of carbonyl (C=O) groups is 1. The number of aliphatic hydroxyl groups excluding tert-OH is 1. The normalized spacial score (nSPS) is 24.7. The van der Waals surface area contributed by atoms with Crippen molar-refractivity contribution >= 4 is 17.3 Å². The second-order valence-corrected chi connectivity index (χ2v) is 3.99. The van der Waals surface area contributed by atoms with Gasteiger partial charge in [-0.2, -0.15) is 0 Å². The predicted octanol–water partition coefficient (Wildman–Crippen LogP) is 0.293. The third-order valence-corrected chi connectivity index (χ3v) is 2.79. The number of benzene rings is 1. The number of nitrogens with two attached hydrogens (primary N) is 1. The minimum Gasteiger partial charge on any atom is -0.480 e. The van der Waals surface area contributed by atoms with Gasteiger partial charge in [-0.25, -0.2) is 4.79 Å². The van der Waals surface area contributed by atoms with Crippen molar-refractivity contribution in [1.82, 2.24) is 0 Å². The van der Waals surface area contributed by atoms with Crippen LogP contribution >= 0.6 is 0 Å². The van der Waals surface area contributed by atoms with E-state index in [-0.39, 0.29) is 6.42 Å². The smallest absolute Gasteiger partial charge is 0.326 e. The predicted molar refractivity (Wildman–Crippen MR) is 60.2 cm³/mol. The average Bonchev–Trinajstić information content (AvgIpc) is 2.61. The molecule has 2 rings (SSSR count). The average molecular weight is 222 g/mol. The number of aliphatic hydroxyl groups is 1. The van der Waals surface area contributed by atoms with E-state index in [1.54, 1.807) is 29.2 Å². The number of β-amino-alcohol motifs (C(OH)–C–C–N with tert-alkyl or cyclic N) is 1. The van der Waals surface area contributed by atoms with E-state index in [9.17, 15) is 9.90 Å². The summed E-state index contributed by atoms with van der Waals surface area (Å²) < 4.78 is 0. The summed E-state index contributed by atoms with van der Waals surface area (Å²) in [5, 5.41) is 18.5. The molecule has 1 fully saturated rings. The van der Waals surface area contributed by atoms with Crippen molar-refractivity contribution < 1.29 is 15.0 Å². The van der Waals surface area contributed by atoms with E-state index >= 15 is 0 Å². The van der Waals surface area contributed by atoms with Crippen LogP contribution in [0.2, 0.25) is 0 Å². The number of aliphatic carboxylic acids is 1. The van der Waals surface area contributed by atoms with Gasteiger partial charge in [-0.3, -0.25) is 0 Å². The molecule has 0 bridgehead atoms. The van der Waals surface area contributed by atoms with Crippen LogP contribution in [0.3, 0.4) is 0 Å². The fourth-order valence-corrected chi connectivity index (χ4v) is 2.00. The number of nitrogen functional groups attached to an aromatic ring is 1. The monoisotopic (exact) mass is 222 g/mol. The number of anilines is 2. The molecule has 1 heterocycles. The third kappa shape index (κ3) is 1.94. The zero-order chi connectivity index (χ0) is 11.7. The number of hydrogen-bond donors (Lipinski definition) is 3. The van der Waals surface area contributed by atoms with Gasteiger partial charge < -0.3 is 20.8 Å². The highest BCUT2D eigenvalue weighted by Crippen LogP contribution is 2.26. The summed E-state index contributed by atoms with van der Waals surface area (Å²) in [6.07, 6.45) is -0.321. The number of carboxylic acid groups (broad SMARTS) is 1. The molecular formula is C11H14N2O3. The van der Waals surface area contributed by atoms with Gasteiger partial charge in [0.25, 0.3) is 0 Å². The lowest BCUT2D eigenvalue weighted by Gasteiger charge is -2.23. The first kappa shape index (κ1) is 10.8. The van der Waals surface area contributed by atoms with Crippen LogP contribution in [0.25, 0.3) is 0 Å². The maximum absolute atomic E-state index is 11.0. The standard InChI is InChI=1S/C11H14N2O3/c12-7-1-3-8(4-2-7)13-6-9(14)5-10(13)11(15)16/h1-4,9-10,14H,5-6,12H2,(H,15,16). The molecule has 1 aromatic carbocycles. The molecule has 86 valence electrons. The Balaban J connectivity index is 2.25. The molecule has 5 nitrogen and oxygen atoms in total. The molecule has 4 N–H and O–H groups in total. The number of nitrogens with zero attached hydrogens (tertiary/aromatic N) is 1. The molecule has 1 aliphatic rings. The summed E-state index contributed by atoms with van der Waals surface area (Å²) in [4.78, 5) is 12.7. The molecule has 2 unspecified atom stereocenters. The minimum absolute atomic E-state index is 0.264. The van der Waals surface area contributed by atoms with Crippen molar-refractivity contribution in [3.63, 3.8) is 0 Å². The van der Waals surface area contributed by atoms with Crippen molar-refractivity contribution in [3.8, 4) is 0 Å². The van der Waals surface area contributed by atoms with Crippen LogP contribution in [0.1, 0.15) is 6.42 Å². The van der Waals surface area contributed by atoms with Gasteiger partial charge in [-0.15, -0.1) is 0 Å². The third-order valence-electron chi connectivity index (χ3n) is 2.79. The van der Waals surface area contributed by atoms with Gasteiger partial charge in [-0.05, 0) is 24.3 Å². The molecule has 0 spiro atoms. The highest BCUT2D eigenvalue weighted by Gasteiger charge is 2.35. The van der Waals surface area contributed by atoms with E-state index in [1.807, 2.05) is 0 Å². The molecule has 1 saturated heterocycles. The van der Waals surface area contributed by atoms with Crippen molar-refractivity contribution in [1.29, 1.82) is 0 Å². The molecule has 16 heavy (non-hydrogen) atoms. The van der Waals surface area contributed by atoms with Crippen LogP contribution in [0, 0.1) is 0 Å². The maximum atomic E-state index is 11.0. The lowest BCUT2D eigenvalue weighted by molar-refractivity contribution is -0.138.